The lowest BCUT2D eigenvalue weighted by molar-refractivity contribution is -0.385. The van der Waals surface area contributed by atoms with Crippen LogP contribution in [-0.2, 0) is 17.1 Å². The predicted octanol–water partition coefficient (Wildman–Crippen LogP) is 5.95. The third-order valence-electron chi connectivity index (χ3n) is 4.56. The third kappa shape index (κ3) is 8.62. The Balaban J connectivity index is 0.000000408. The molecule has 210 valence electrons. The van der Waals surface area contributed by atoms with Crippen molar-refractivity contribution in [2.75, 3.05) is 6.61 Å². The fraction of sp³-hybridized carbons (Fsp3) is 0.217. The molecule has 0 bridgehead atoms. The number of hydrogen-bond donors (Lipinski definition) is 0. The van der Waals surface area contributed by atoms with Gasteiger partial charge in [0.25, 0.3) is 11.4 Å². The molecule has 0 atom stereocenters. The summed E-state index contributed by atoms with van der Waals surface area (Å²) in [4.78, 5) is 42.6. The van der Waals surface area contributed by atoms with Gasteiger partial charge in [0.1, 0.15) is 23.5 Å². The molecule has 0 amide bonds. The fourth-order valence-electron chi connectivity index (χ4n) is 2.76. The van der Waals surface area contributed by atoms with Crippen molar-refractivity contribution >= 4 is 22.9 Å². The number of benzene rings is 2. The standard InChI is InChI=1S/C13H9F3N2O4.C10H5F3N2O3/c1-2-22-7-8(6-17)12(19)10-4-3-9(13(14,15)16)5-11(10)18(20)21;11-10(12,13)6-1-2-7(9(16)3-4-14)8(5-6)15(17)18/h3-5,7H,2H2,1H3;1-2,5H,3H2. The van der Waals surface area contributed by atoms with E-state index in [9.17, 15) is 56.2 Å². The second kappa shape index (κ2) is 13.5. The highest BCUT2D eigenvalue weighted by atomic mass is 19.4. The van der Waals surface area contributed by atoms with E-state index >= 15 is 0 Å². The average molecular weight is 572 g/mol. The number of nitriles is 2. The number of ketones is 2. The molecule has 0 aliphatic rings. The summed E-state index contributed by atoms with van der Waals surface area (Å²) >= 11 is 0. The molecule has 2 aromatic rings. The van der Waals surface area contributed by atoms with Crippen molar-refractivity contribution in [1.29, 1.82) is 10.5 Å². The molecular formula is C23H14F6N4O7. The number of rotatable bonds is 8. The molecule has 0 radical (unpaired) electrons. The van der Waals surface area contributed by atoms with Crippen molar-refractivity contribution in [2.45, 2.75) is 25.7 Å². The lowest BCUT2D eigenvalue weighted by atomic mass is 10.0. The number of ether oxygens (including phenoxy) is 1. The number of carbonyl (C=O) groups is 2. The van der Waals surface area contributed by atoms with E-state index in [0.29, 0.717) is 24.3 Å². The molecule has 17 heteroatoms. The summed E-state index contributed by atoms with van der Waals surface area (Å²) < 4.78 is 79.5. The summed E-state index contributed by atoms with van der Waals surface area (Å²) in [5.41, 5.74) is -6.14. The summed E-state index contributed by atoms with van der Waals surface area (Å²) in [6.07, 6.45) is -9.34. The molecule has 2 aromatic carbocycles. The highest BCUT2D eigenvalue weighted by Crippen LogP contribution is 2.34. The second-order valence-electron chi connectivity index (χ2n) is 7.16. The number of allylic oxidation sites excluding steroid dienone is 1. The molecule has 0 aliphatic heterocycles. The molecule has 0 heterocycles. The number of halogens is 6. The molecule has 0 fully saturated rings. The Hall–Kier alpha value is -5.32. The summed E-state index contributed by atoms with van der Waals surface area (Å²) in [6.45, 7) is 1.73. The van der Waals surface area contributed by atoms with Crippen molar-refractivity contribution in [3.05, 3.63) is 90.7 Å². The van der Waals surface area contributed by atoms with Gasteiger partial charge in [-0.15, -0.1) is 0 Å². The maximum atomic E-state index is 12.6. The number of Topliss-reactive ketones (excluding diaryl/α,β-unsaturated/α-hetero) is 2. The lowest BCUT2D eigenvalue weighted by Crippen LogP contribution is -2.10. The van der Waals surface area contributed by atoms with E-state index in [1.165, 1.54) is 12.1 Å². The Kier molecular flexibility index (Phi) is 11.0. The molecule has 0 aromatic heterocycles. The minimum absolute atomic E-state index is 0.146. The van der Waals surface area contributed by atoms with E-state index in [1.807, 2.05) is 0 Å². The van der Waals surface area contributed by atoms with E-state index in [0.717, 1.165) is 6.26 Å². The second-order valence-corrected chi connectivity index (χ2v) is 7.16. The number of carbonyl (C=O) groups excluding carboxylic acids is 2. The van der Waals surface area contributed by atoms with Crippen LogP contribution in [0, 0.1) is 42.9 Å². The van der Waals surface area contributed by atoms with Crippen molar-refractivity contribution in [3.63, 3.8) is 0 Å². The average Bonchev–Trinajstić information content (AvgIpc) is 2.87. The van der Waals surface area contributed by atoms with Gasteiger partial charge in [0.05, 0.1) is 45.6 Å². The van der Waals surface area contributed by atoms with Gasteiger partial charge in [0.15, 0.2) is 5.78 Å². The maximum Gasteiger partial charge on any atom is 0.416 e. The Morgan fingerprint density at radius 2 is 1.35 bits per heavy atom. The number of nitro groups is 2. The molecule has 2 rings (SSSR count). The summed E-state index contributed by atoms with van der Waals surface area (Å²) in [5, 5.41) is 38.6. The molecule has 0 N–H and O–H groups in total. The fourth-order valence-corrected chi connectivity index (χ4v) is 2.76. The van der Waals surface area contributed by atoms with E-state index in [4.69, 9.17) is 15.3 Å². The van der Waals surface area contributed by atoms with Crippen LogP contribution >= 0.6 is 0 Å². The van der Waals surface area contributed by atoms with Gasteiger partial charge in [-0.2, -0.15) is 36.9 Å². The first-order chi connectivity index (χ1) is 18.5. The number of nitrogens with zero attached hydrogens (tertiary/aromatic N) is 4. The van der Waals surface area contributed by atoms with Crippen LogP contribution in [0.3, 0.4) is 0 Å². The van der Waals surface area contributed by atoms with E-state index < -0.39 is 79.4 Å². The molecule has 0 saturated carbocycles. The highest BCUT2D eigenvalue weighted by Gasteiger charge is 2.35. The highest BCUT2D eigenvalue weighted by molar-refractivity contribution is 6.13. The van der Waals surface area contributed by atoms with Gasteiger partial charge >= 0.3 is 12.4 Å². The van der Waals surface area contributed by atoms with E-state index in [2.05, 4.69) is 0 Å². The Bertz CT molecular complexity index is 1440. The largest absolute Gasteiger partial charge is 0.500 e. The van der Waals surface area contributed by atoms with Crippen LogP contribution in [0.4, 0.5) is 37.7 Å². The molecule has 0 unspecified atom stereocenters. The molecule has 11 nitrogen and oxygen atoms in total. The van der Waals surface area contributed by atoms with Gasteiger partial charge < -0.3 is 4.74 Å². The maximum absolute atomic E-state index is 12.6. The van der Waals surface area contributed by atoms with Crippen LogP contribution in [0.1, 0.15) is 45.2 Å². The monoisotopic (exact) mass is 572 g/mol. The smallest absolute Gasteiger partial charge is 0.416 e. The van der Waals surface area contributed by atoms with Crippen LogP contribution in [-0.4, -0.2) is 28.0 Å². The predicted molar refractivity (Wildman–Crippen MR) is 120 cm³/mol. The zero-order chi connectivity index (χ0) is 30.8. The van der Waals surface area contributed by atoms with E-state index in [-0.39, 0.29) is 18.7 Å². The normalized spacial score (nSPS) is 11.3. The Labute approximate surface area is 219 Å². The van der Waals surface area contributed by atoms with Crippen LogP contribution in [0.25, 0.3) is 0 Å². The van der Waals surface area contributed by atoms with Crippen molar-refractivity contribution in [3.8, 4) is 12.1 Å². The van der Waals surface area contributed by atoms with Gasteiger partial charge in [0, 0.05) is 12.1 Å². The molecule has 0 spiro atoms. The third-order valence-corrected chi connectivity index (χ3v) is 4.56. The van der Waals surface area contributed by atoms with Crippen LogP contribution < -0.4 is 0 Å². The minimum atomic E-state index is -4.79. The van der Waals surface area contributed by atoms with Crippen LogP contribution in [0.5, 0.6) is 0 Å². The molecule has 0 saturated heterocycles. The minimum Gasteiger partial charge on any atom is -0.500 e. The van der Waals surface area contributed by atoms with Crippen molar-refractivity contribution < 1.29 is 50.5 Å². The summed E-state index contributed by atoms with van der Waals surface area (Å²) in [6, 6.07) is 5.99. The summed E-state index contributed by atoms with van der Waals surface area (Å²) in [7, 11) is 0. The Morgan fingerprint density at radius 1 is 0.900 bits per heavy atom. The van der Waals surface area contributed by atoms with Crippen molar-refractivity contribution in [1.82, 2.24) is 0 Å². The molecule has 40 heavy (non-hydrogen) atoms. The van der Waals surface area contributed by atoms with E-state index in [1.54, 1.807) is 6.92 Å². The topological polar surface area (TPSA) is 177 Å². The van der Waals surface area contributed by atoms with Gasteiger partial charge in [-0.1, -0.05) is 0 Å². The lowest BCUT2D eigenvalue weighted by Gasteiger charge is -2.08. The summed E-state index contributed by atoms with van der Waals surface area (Å²) in [5.74, 6) is -1.98. The van der Waals surface area contributed by atoms with Gasteiger partial charge in [0.2, 0.25) is 5.78 Å². The Morgan fingerprint density at radius 3 is 1.73 bits per heavy atom. The van der Waals surface area contributed by atoms with Gasteiger partial charge in [-0.05, 0) is 31.2 Å². The quantitative estimate of drug-likeness (QED) is 0.0703. The van der Waals surface area contributed by atoms with Gasteiger partial charge in [-0.3, -0.25) is 29.8 Å². The zero-order valence-corrected chi connectivity index (χ0v) is 19.9. The molecule has 0 aliphatic carbocycles. The number of nitro benzene ring substituents is 2. The number of alkyl halides is 6. The first-order valence-corrected chi connectivity index (χ1v) is 10.4. The van der Waals surface area contributed by atoms with Gasteiger partial charge in [-0.25, -0.2) is 0 Å². The zero-order valence-electron chi connectivity index (χ0n) is 19.9. The SMILES string of the molecule is CCOC=C(C#N)C(=O)c1ccc(C(F)(F)F)cc1[N+](=O)[O-].N#CCC(=O)c1ccc(C(F)(F)F)cc1[N+](=O)[O-]. The first kappa shape index (κ1) is 32.7. The van der Waals surface area contributed by atoms with Crippen LogP contribution in [0.15, 0.2) is 48.2 Å². The number of hydrogen-bond acceptors (Lipinski definition) is 9. The van der Waals surface area contributed by atoms with Crippen molar-refractivity contribution in [2.24, 2.45) is 0 Å². The molecular weight excluding hydrogens is 558 g/mol. The first-order valence-electron chi connectivity index (χ1n) is 10.4. The van der Waals surface area contributed by atoms with Crippen LogP contribution in [0.2, 0.25) is 0 Å².